The third kappa shape index (κ3) is 4.13. The largest absolute Gasteiger partial charge is 0.403 e. The van der Waals surface area contributed by atoms with E-state index in [0.717, 1.165) is 12.8 Å². The Balaban J connectivity index is 3.49. The summed E-state index contributed by atoms with van der Waals surface area (Å²) in [5.74, 6) is 0.349. The highest BCUT2D eigenvalue weighted by Crippen LogP contribution is 2.08. The van der Waals surface area contributed by atoms with E-state index in [0.29, 0.717) is 5.70 Å². The molecule has 0 rings (SSSR count). The predicted octanol–water partition coefficient (Wildman–Crippen LogP) is 1.46. The van der Waals surface area contributed by atoms with E-state index in [9.17, 15) is 4.79 Å². The minimum absolute atomic E-state index is 0.125. The molecule has 1 atom stereocenters. The van der Waals surface area contributed by atoms with Gasteiger partial charge in [0.15, 0.2) is 0 Å². The molecule has 0 aromatic carbocycles. The highest BCUT2D eigenvalue weighted by Gasteiger charge is 2.06. The molecule has 0 aromatic heterocycles. The highest BCUT2D eigenvalue weighted by molar-refractivity contribution is 5.77. The number of hydrogen-bond acceptors (Lipinski definition) is 2. The van der Waals surface area contributed by atoms with Crippen molar-refractivity contribution in [1.29, 1.82) is 0 Å². The summed E-state index contributed by atoms with van der Waals surface area (Å²) < 4.78 is 0. The molecular formula is C8H15NO. The molecule has 2 N–H and O–H groups in total. The molecule has 10 heavy (non-hydrogen) atoms. The molecule has 0 saturated heterocycles. The van der Waals surface area contributed by atoms with Gasteiger partial charge in [-0.3, -0.25) is 4.79 Å². The Bertz CT molecular complexity index is 140. The Morgan fingerprint density at radius 2 is 2.20 bits per heavy atom. The Labute approximate surface area is 62.1 Å². The highest BCUT2D eigenvalue weighted by atomic mass is 16.1. The van der Waals surface area contributed by atoms with Crippen molar-refractivity contribution < 1.29 is 4.79 Å². The molecule has 2 heteroatoms. The van der Waals surface area contributed by atoms with E-state index in [1.807, 2.05) is 6.92 Å². The zero-order chi connectivity index (χ0) is 8.15. The molecule has 0 heterocycles. The van der Waals surface area contributed by atoms with Crippen LogP contribution in [0.4, 0.5) is 0 Å². The van der Waals surface area contributed by atoms with Crippen LogP contribution in [0.25, 0.3) is 0 Å². The molecule has 1 unspecified atom stereocenters. The summed E-state index contributed by atoms with van der Waals surface area (Å²) in [6, 6.07) is 0. The lowest BCUT2D eigenvalue weighted by atomic mass is 10.0. The summed E-state index contributed by atoms with van der Waals surface area (Å²) in [6.07, 6.45) is 1.57. The third-order valence-corrected chi connectivity index (χ3v) is 1.59. The van der Waals surface area contributed by atoms with E-state index in [1.54, 1.807) is 6.92 Å². The molecule has 0 fully saturated rings. The number of nitrogens with two attached hydrogens (primary N) is 1. The molecule has 0 aromatic rings. The summed E-state index contributed by atoms with van der Waals surface area (Å²) in [5.41, 5.74) is 6.00. The van der Waals surface area contributed by atoms with E-state index in [-0.39, 0.29) is 11.7 Å². The number of allylic oxidation sites excluding steroid dienone is 1. The number of ketones is 1. The van der Waals surface area contributed by atoms with E-state index in [1.165, 1.54) is 0 Å². The molecule has 0 spiro atoms. The zero-order valence-electron chi connectivity index (χ0n) is 6.68. The van der Waals surface area contributed by atoms with Gasteiger partial charge in [0.05, 0.1) is 0 Å². The lowest BCUT2D eigenvalue weighted by Gasteiger charge is -2.05. The van der Waals surface area contributed by atoms with Crippen molar-refractivity contribution in [2.45, 2.75) is 26.7 Å². The van der Waals surface area contributed by atoms with Crippen LogP contribution in [0.15, 0.2) is 12.3 Å². The first kappa shape index (κ1) is 9.21. The summed E-state index contributed by atoms with van der Waals surface area (Å²) in [6.45, 7) is 7.06. The SMILES string of the molecule is C=C(N)CCC(C)C(C)=O. The van der Waals surface area contributed by atoms with Gasteiger partial charge in [0.1, 0.15) is 5.78 Å². The second kappa shape index (κ2) is 4.09. The third-order valence-electron chi connectivity index (χ3n) is 1.59. The van der Waals surface area contributed by atoms with Crippen molar-refractivity contribution in [2.75, 3.05) is 0 Å². The summed E-state index contributed by atoms with van der Waals surface area (Å²) in [7, 11) is 0. The van der Waals surface area contributed by atoms with Crippen molar-refractivity contribution in [1.82, 2.24) is 0 Å². The number of Topliss-reactive ketones (excluding diaryl/α,β-unsaturated/α-hetero) is 1. The van der Waals surface area contributed by atoms with Gasteiger partial charge in [0.2, 0.25) is 0 Å². The number of rotatable bonds is 4. The van der Waals surface area contributed by atoms with Gasteiger partial charge in [-0.15, -0.1) is 0 Å². The molecule has 0 amide bonds. The lowest BCUT2D eigenvalue weighted by molar-refractivity contribution is -0.120. The van der Waals surface area contributed by atoms with Crippen LogP contribution in [-0.4, -0.2) is 5.78 Å². The average molecular weight is 141 g/mol. The van der Waals surface area contributed by atoms with Gasteiger partial charge in [-0.05, 0) is 19.8 Å². The fraction of sp³-hybridized carbons (Fsp3) is 0.625. The van der Waals surface area contributed by atoms with Gasteiger partial charge in [0.25, 0.3) is 0 Å². The van der Waals surface area contributed by atoms with E-state index >= 15 is 0 Å². The van der Waals surface area contributed by atoms with Crippen LogP contribution >= 0.6 is 0 Å². The molecule has 58 valence electrons. The van der Waals surface area contributed by atoms with Crippen molar-refractivity contribution in [3.8, 4) is 0 Å². The molecule has 0 aliphatic rings. The van der Waals surface area contributed by atoms with Crippen LogP contribution in [-0.2, 0) is 4.79 Å². The molecule has 0 bridgehead atoms. The minimum atomic E-state index is 0.125. The van der Waals surface area contributed by atoms with Crippen molar-refractivity contribution in [3.05, 3.63) is 12.3 Å². The Morgan fingerprint density at radius 1 is 1.70 bits per heavy atom. The van der Waals surface area contributed by atoms with Crippen LogP contribution in [0.2, 0.25) is 0 Å². The smallest absolute Gasteiger partial charge is 0.132 e. The van der Waals surface area contributed by atoms with Gasteiger partial charge in [0, 0.05) is 11.6 Å². The first-order valence-corrected chi connectivity index (χ1v) is 3.47. The lowest BCUT2D eigenvalue weighted by Crippen LogP contribution is -2.07. The average Bonchev–Trinajstić information content (AvgIpc) is 1.82. The predicted molar refractivity (Wildman–Crippen MR) is 42.4 cm³/mol. The molecule has 2 nitrogen and oxygen atoms in total. The molecule has 0 aliphatic carbocycles. The number of carbonyl (C=O) groups excluding carboxylic acids is 1. The van der Waals surface area contributed by atoms with Gasteiger partial charge >= 0.3 is 0 Å². The zero-order valence-corrected chi connectivity index (χ0v) is 6.68. The van der Waals surface area contributed by atoms with Gasteiger partial charge in [-0.25, -0.2) is 0 Å². The van der Waals surface area contributed by atoms with E-state index in [4.69, 9.17) is 5.73 Å². The Kier molecular flexibility index (Phi) is 3.77. The second-order valence-electron chi connectivity index (χ2n) is 2.71. The summed E-state index contributed by atoms with van der Waals surface area (Å²) in [5, 5.41) is 0. The first-order chi connectivity index (χ1) is 4.54. The maximum atomic E-state index is 10.7. The second-order valence-corrected chi connectivity index (χ2v) is 2.71. The van der Waals surface area contributed by atoms with Crippen molar-refractivity contribution >= 4 is 5.78 Å². The standard InChI is InChI=1S/C8H15NO/c1-6(8(3)10)4-5-7(2)9/h6H,2,4-5,9H2,1,3H3. The van der Waals surface area contributed by atoms with Crippen molar-refractivity contribution in [2.24, 2.45) is 11.7 Å². The van der Waals surface area contributed by atoms with Crippen LogP contribution in [0.5, 0.6) is 0 Å². The number of carbonyl (C=O) groups is 1. The fourth-order valence-electron chi connectivity index (χ4n) is 0.605. The monoisotopic (exact) mass is 141 g/mol. The molecule has 0 saturated carbocycles. The van der Waals surface area contributed by atoms with Crippen LogP contribution in [0, 0.1) is 5.92 Å². The maximum absolute atomic E-state index is 10.7. The normalized spacial score (nSPS) is 12.6. The van der Waals surface area contributed by atoms with Crippen LogP contribution in [0.1, 0.15) is 26.7 Å². The fourth-order valence-corrected chi connectivity index (χ4v) is 0.605. The number of hydrogen-bond donors (Lipinski definition) is 1. The molecule has 0 aliphatic heterocycles. The van der Waals surface area contributed by atoms with Gasteiger partial charge in [-0.1, -0.05) is 13.5 Å². The van der Waals surface area contributed by atoms with E-state index in [2.05, 4.69) is 6.58 Å². The Hall–Kier alpha value is -0.790. The van der Waals surface area contributed by atoms with Gasteiger partial charge < -0.3 is 5.73 Å². The van der Waals surface area contributed by atoms with Crippen LogP contribution in [0.3, 0.4) is 0 Å². The Morgan fingerprint density at radius 3 is 2.50 bits per heavy atom. The maximum Gasteiger partial charge on any atom is 0.132 e. The van der Waals surface area contributed by atoms with Gasteiger partial charge in [-0.2, -0.15) is 0 Å². The topological polar surface area (TPSA) is 43.1 Å². The van der Waals surface area contributed by atoms with Crippen LogP contribution < -0.4 is 5.73 Å². The quantitative estimate of drug-likeness (QED) is 0.644. The minimum Gasteiger partial charge on any atom is -0.403 e. The van der Waals surface area contributed by atoms with E-state index < -0.39 is 0 Å². The first-order valence-electron chi connectivity index (χ1n) is 3.47. The molecule has 0 radical (unpaired) electrons. The molecular weight excluding hydrogens is 126 g/mol. The summed E-state index contributed by atoms with van der Waals surface area (Å²) >= 11 is 0. The van der Waals surface area contributed by atoms with Crippen molar-refractivity contribution in [3.63, 3.8) is 0 Å². The summed E-state index contributed by atoms with van der Waals surface area (Å²) in [4.78, 5) is 10.7.